The van der Waals surface area contributed by atoms with Crippen LogP contribution in [0, 0.1) is 0 Å². The van der Waals surface area contributed by atoms with Gasteiger partial charge in [-0.1, -0.05) is 11.6 Å². The van der Waals surface area contributed by atoms with Crippen LogP contribution < -0.4 is 11.1 Å². The van der Waals surface area contributed by atoms with E-state index in [1.807, 2.05) is 0 Å². The minimum atomic E-state index is -1.19. The number of nitrogens with one attached hydrogen (secondary N) is 1. The molecule has 0 atom stereocenters. The van der Waals surface area contributed by atoms with Crippen LogP contribution in [-0.4, -0.2) is 40.7 Å². The summed E-state index contributed by atoms with van der Waals surface area (Å²) < 4.78 is 0. The fourth-order valence-corrected chi connectivity index (χ4v) is 1.42. The zero-order valence-corrected chi connectivity index (χ0v) is 9.41. The average molecular weight is 247 g/mol. The van der Waals surface area contributed by atoms with Crippen LogP contribution in [0.2, 0.25) is 5.02 Å². The van der Waals surface area contributed by atoms with Gasteiger partial charge in [-0.15, -0.1) is 0 Å². The van der Waals surface area contributed by atoms with Crippen molar-refractivity contribution < 1.29 is 15.3 Å². The molecule has 0 aromatic heterocycles. The highest BCUT2D eigenvalue weighted by Gasteiger charge is 2.28. The molecule has 0 aliphatic rings. The van der Waals surface area contributed by atoms with Crippen LogP contribution in [0.25, 0.3) is 0 Å². The molecule has 0 bridgehead atoms. The summed E-state index contributed by atoms with van der Waals surface area (Å²) in [5.41, 5.74) is 5.34. The van der Waals surface area contributed by atoms with E-state index < -0.39 is 25.4 Å². The second-order valence-corrected chi connectivity index (χ2v) is 4.03. The lowest BCUT2D eigenvalue weighted by Gasteiger charge is -2.30. The van der Waals surface area contributed by atoms with Gasteiger partial charge in [0, 0.05) is 5.69 Å². The monoisotopic (exact) mass is 246 g/mol. The van der Waals surface area contributed by atoms with Crippen LogP contribution in [0.5, 0.6) is 0 Å². The highest BCUT2D eigenvalue weighted by molar-refractivity contribution is 6.33. The molecule has 1 rings (SSSR count). The normalized spacial score (nSPS) is 11.5. The maximum absolute atomic E-state index is 9.13. The molecule has 0 spiro atoms. The van der Waals surface area contributed by atoms with Gasteiger partial charge in [-0.25, -0.2) is 0 Å². The predicted octanol–water partition coefficient (Wildman–Crippen LogP) is 0.0498. The molecule has 0 saturated heterocycles. The standard InChI is InChI=1S/C10H15ClN2O3/c11-8-3-7(12)1-2-9(8)13-10(4-14,5-15)6-16/h1-3,13-16H,4-6,12H2. The summed E-state index contributed by atoms with van der Waals surface area (Å²) in [5, 5.41) is 30.6. The molecule has 5 nitrogen and oxygen atoms in total. The van der Waals surface area contributed by atoms with E-state index in [2.05, 4.69) is 5.32 Å². The van der Waals surface area contributed by atoms with Crippen LogP contribution in [0.1, 0.15) is 0 Å². The van der Waals surface area contributed by atoms with Crippen molar-refractivity contribution in [3.05, 3.63) is 23.2 Å². The summed E-state index contributed by atoms with van der Waals surface area (Å²) in [6.07, 6.45) is 0. The van der Waals surface area contributed by atoms with Crippen LogP contribution in [0.4, 0.5) is 11.4 Å². The van der Waals surface area contributed by atoms with E-state index in [1.54, 1.807) is 18.2 Å². The predicted molar refractivity (Wildman–Crippen MR) is 63.5 cm³/mol. The van der Waals surface area contributed by atoms with Crippen molar-refractivity contribution >= 4 is 23.0 Å². The van der Waals surface area contributed by atoms with Crippen LogP contribution in [0.15, 0.2) is 18.2 Å². The molecule has 0 unspecified atom stereocenters. The molecule has 0 amide bonds. The van der Waals surface area contributed by atoms with E-state index in [-0.39, 0.29) is 0 Å². The van der Waals surface area contributed by atoms with Crippen molar-refractivity contribution in [3.8, 4) is 0 Å². The molecular formula is C10H15ClN2O3. The summed E-state index contributed by atoms with van der Waals surface area (Å²) in [5.74, 6) is 0. The number of hydrogen-bond acceptors (Lipinski definition) is 5. The minimum Gasteiger partial charge on any atom is -0.399 e. The maximum atomic E-state index is 9.13. The fourth-order valence-electron chi connectivity index (χ4n) is 1.19. The maximum Gasteiger partial charge on any atom is 0.107 e. The zero-order valence-electron chi connectivity index (χ0n) is 8.65. The molecule has 0 fully saturated rings. The average Bonchev–Trinajstić information content (AvgIpc) is 2.29. The summed E-state index contributed by atoms with van der Waals surface area (Å²) in [6.45, 7) is -1.25. The Labute approximate surface area is 98.5 Å². The van der Waals surface area contributed by atoms with Crippen LogP contribution in [-0.2, 0) is 0 Å². The number of rotatable bonds is 5. The van der Waals surface area contributed by atoms with Crippen molar-refractivity contribution in [1.82, 2.24) is 0 Å². The smallest absolute Gasteiger partial charge is 0.107 e. The van der Waals surface area contributed by atoms with Gasteiger partial charge in [0.1, 0.15) is 5.54 Å². The summed E-state index contributed by atoms with van der Waals surface area (Å²) >= 11 is 5.92. The first-order valence-electron chi connectivity index (χ1n) is 4.73. The highest BCUT2D eigenvalue weighted by atomic mass is 35.5. The Hall–Kier alpha value is -1.01. The van der Waals surface area contributed by atoms with Gasteiger partial charge in [0.05, 0.1) is 30.5 Å². The van der Waals surface area contributed by atoms with Crippen molar-refractivity contribution in [2.24, 2.45) is 0 Å². The van der Waals surface area contributed by atoms with Crippen LogP contribution in [0.3, 0.4) is 0 Å². The number of halogens is 1. The second-order valence-electron chi connectivity index (χ2n) is 3.62. The van der Waals surface area contributed by atoms with Crippen molar-refractivity contribution in [2.45, 2.75) is 5.54 Å². The Morgan fingerprint density at radius 3 is 2.19 bits per heavy atom. The third-order valence-electron chi connectivity index (χ3n) is 2.30. The zero-order chi connectivity index (χ0) is 12.2. The Bertz CT molecular complexity index is 348. The van der Waals surface area contributed by atoms with Gasteiger partial charge < -0.3 is 26.4 Å². The minimum absolute atomic E-state index is 0.361. The molecule has 0 aliphatic heterocycles. The number of nitrogens with two attached hydrogens (primary N) is 1. The molecule has 0 saturated carbocycles. The lowest BCUT2D eigenvalue weighted by Crippen LogP contribution is -2.49. The Morgan fingerprint density at radius 1 is 1.19 bits per heavy atom. The van der Waals surface area contributed by atoms with E-state index in [0.29, 0.717) is 16.4 Å². The molecule has 0 radical (unpaired) electrons. The molecular weight excluding hydrogens is 232 g/mol. The van der Waals surface area contributed by atoms with E-state index >= 15 is 0 Å². The van der Waals surface area contributed by atoms with Gasteiger partial charge in [0.25, 0.3) is 0 Å². The first-order chi connectivity index (χ1) is 7.56. The largest absolute Gasteiger partial charge is 0.399 e. The Balaban J connectivity index is 2.93. The quantitative estimate of drug-likeness (QED) is 0.473. The molecule has 6 heteroatoms. The molecule has 16 heavy (non-hydrogen) atoms. The first kappa shape index (κ1) is 13.1. The summed E-state index contributed by atoms with van der Waals surface area (Å²) in [6, 6.07) is 4.79. The molecule has 0 aliphatic carbocycles. The molecule has 1 aromatic carbocycles. The molecule has 0 heterocycles. The van der Waals surface area contributed by atoms with Gasteiger partial charge in [-0.3, -0.25) is 0 Å². The Kier molecular flexibility index (Phi) is 4.37. The van der Waals surface area contributed by atoms with Crippen molar-refractivity contribution in [3.63, 3.8) is 0 Å². The number of anilines is 2. The summed E-state index contributed by atoms with van der Waals surface area (Å²) in [7, 11) is 0. The van der Waals surface area contributed by atoms with Crippen molar-refractivity contribution in [2.75, 3.05) is 30.9 Å². The SMILES string of the molecule is Nc1ccc(NC(CO)(CO)CO)c(Cl)c1. The molecule has 90 valence electrons. The van der Waals surface area contributed by atoms with Gasteiger partial charge in [0.2, 0.25) is 0 Å². The van der Waals surface area contributed by atoms with E-state index in [4.69, 9.17) is 32.7 Å². The number of benzene rings is 1. The fraction of sp³-hybridized carbons (Fsp3) is 0.400. The van der Waals surface area contributed by atoms with E-state index in [1.165, 1.54) is 0 Å². The van der Waals surface area contributed by atoms with Crippen molar-refractivity contribution in [1.29, 1.82) is 0 Å². The lowest BCUT2D eigenvalue weighted by atomic mass is 10.0. The topological polar surface area (TPSA) is 98.7 Å². The molecule has 6 N–H and O–H groups in total. The third kappa shape index (κ3) is 2.76. The third-order valence-corrected chi connectivity index (χ3v) is 2.61. The Morgan fingerprint density at radius 2 is 1.75 bits per heavy atom. The highest BCUT2D eigenvalue weighted by Crippen LogP contribution is 2.26. The second kappa shape index (κ2) is 5.36. The first-order valence-corrected chi connectivity index (χ1v) is 5.10. The van der Waals surface area contributed by atoms with Gasteiger partial charge in [-0.05, 0) is 18.2 Å². The number of nitrogen functional groups attached to an aromatic ring is 1. The lowest BCUT2D eigenvalue weighted by molar-refractivity contribution is 0.0834. The van der Waals surface area contributed by atoms with Gasteiger partial charge in [-0.2, -0.15) is 0 Å². The van der Waals surface area contributed by atoms with Gasteiger partial charge >= 0.3 is 0 Å². The number of aliphatic hydroxyl groups excluding tert-OH is 3. The van der Waals surface area contributed by atoms with Gasteiger partial charge in [0.15, 0.2) is 0 Å². The number of aliphatic hydroxyl groups is 3. The summed E-state index contributed by atoms with van der Waals surface area (Å²) in [4.78, 5) is 0. The molecule has 1 aromatic rings. The van der Waals surface area contributed by atoms with E-state index in [0.717, 1.165) is 0 Å². The van der Waals surface area contributed by atoms with Crippen LogP contribution >= 0.6 is 11.6 Å². The van der Waals surface area contributed by atoms with E-state index in [9.17, 15) is 0 Å². The number of hydrogen-bond donors (Lipinski definition) is 5.